The number of fused-ring (bicyclic) bond motifs is 2. The quantitative estimate of drug-likeness (QED) is 0.355. The summed E-state index contributed by atoms with van der Waals surface area (Å²) in [5, 5.41) is 10.00. The molecule has 1 aliphatic heterocycles. The number of rotatable bonds is 7. The number of hydrogen-bond acceptors (Lipinski definition) is 6. The number of esters is 1. The largest absolute Gasteiger partial charge is 0.471 e. The van der Waals surface area contributed by atoms with E-state index in [0.29, 0.717) is 24.5 Å². The minimum absolute atomic E-state index is 0.0342. The van der Waals surface area contributed by atoms with Gasteiger partial charge in [-0.2, -0.15) is 13.2 Å². The van der Waals surface area contributed by atoms with Gasteiger partial charge < -0.3 is 19.3 Å². The van der Waals surface area contributed by atoms with Crippen molar-refractivity contribution in [2.24, 2.45) is 5.92 Å². The van der Waals surface area contributed by atoms with E-state index < -0.39 is 35.3 Å². The molecule has 43 heavy (non-hydrogen) atoms. The molecule has 2 aliphatic carbocycles. The standard InChI is InChI=1S/C32H35ClF3NO6/c1-20(19-38)15-23-16-21-7-8-22(27-42-13-4-14-43-27)17-26(21)30(23)9-11-31(12-10-30,29(40)41-2)37(28(39)32(34,35)36)25-6-3-5-24(33)18-25/h3,5-8,16-18,20,27,38H,4,9-15,19H2,1-2H3/t20-,30?,31?/m1/s1. The van der Waals surface area contributed by atoms with E-state index in [2.05, 4.69) is 6.08 Å². The lowest BCUT2D eigenvalue weighted by Gasteiger charge is -2.50. The highest BCUT2D eigenvalue weighted by Gasteiger charge is 2.59. The molecule has 2 aromatic carbocycles. The van der Waals surface area contributed by atoms with E-state index in [1.54, 1.807) is 0 Å². The molecule has 11 heteroatoms. The zero-order chi connectivity index (χ0) is 31.0. The number of methoxy groups -OCH3 is 1. The number of carbonyl (C=O) groups is 2. The predicted octanol–water partition coefficient (Wildman–Crippen LogP) is 6.51. The van der Waals surface area contributed by atoms with Crippen LogP contribution in [0, 0.1) is 5.92 Å². The van der Waals surface area contributed by atoms with Crippen molar-refractivity contribution in [3.8, 4) is 0 Å². The molecule has 1 N–H and O–H groups in total. The zero-order valence-electron chi connectivity index (χ0n) is 24.1. The highest BCUT2D eigenvalue weighted by atomic mass is 35.5. The number of halogens is 4. The zero-order valence-corrected chi connectivity index (χ0v) is 24.8. The molecular formula is C32H35ClF3NO6. The highest BCUT2D eigenvalue weighted by molar-refractivity contribution is 6.31. The normalized spacial score (nSPS) is 24.8. The number of ether oxygens (including phenoxy) is 3. The molecule has 1 saturated heterocycles. The van der Waals surface area contributed by atoms with Gasteiger partial charge in [0.2, 0.25) is 0 Å². The minimum atomic E-state index is -5.26. The Morgan fingerprint density at radius 1 is 1.12 bits per heavy atom. The number of allylic oxidation sites excluding steroid dienone is 1. The molecule has 1 amide bonds. The number of aliphatic hydroxyl groups excluding tert-OH is 1. The summed E-state index contributed by atoms with van der Waals surface area (Å²) in [7, 11) is 1.11. The lowest BCUT2D eigenvalue weighted by atomic mass is 9.60. The molecule has 2 aromatic rings. The number of aliphatic hydroxyl groups is 1. The van der Waals surface area contributed by atoms with Crippen LogP contribution in [0.3, 0.4) is 0 Å². The molecule has 1 spiro atoms. The molecule has 2 fully saturated rings. The average molecular weight is 622 g/mol. The van der Waals surface area contributed by atoms with E-state index in [1.807, 2.05) is 25.1 Å². The molecule has 7 nitrogen and oxygen atoms in total. The summed E-state index contributed by atoms with van der Waals surface area (Å²) in [5.41, 5.74) is 1.09. The Kier molecular flexibility index (Phi) is 8.96. The third kappa shape index (κ3) is 5.82. The van der Waals surface area contributed by atoms with Crippen LogP contribution in [0.15, 0.2) is 48.0 Å². The first kappa shape index (κ1) is 31.5. The smallest absolute Gasteiger partial charge is 0.467 e. The summed E-state index contributed by atoms with van der Waals surface area (Å²) in [6.07, 6.45) is -2.03. The third-order valence-corrected chi connectivity index (χ3v) is 9.19. The molecule has 0 bridgehead atoms. The number of benzene rings is 2. The maximum absolute atomic E-state index is 14.1. The Hall–Kier alpha value is -2.92. The van der Waals surface area contributed by atoms with Gasteiger partial charge in [-0.3, -0.25) is 9.69 Å². The van der Waals surface area contributed by atoms with Crippen molar-refractivity contribution in [1.82, 2.24) is 0 Å². The fourth-order valence-corrected chi connectivity index (χ4v) is 7.01. The Balaban J connectivity index is 1.59. The molecular weight excluding hydrogens is 587 g/mol. The van der Waals surface area contributed by atoms with Gasteiger partial charge in [-0.15, -0.1) is 0 Å². The van der Waals surface area contributed by atoms with Gasteiger partial charge in [0.1, 0.15) is 5.54 Å². The average Bonchev–Trinajstić information content (AvgIpc) is 3.29. The minimum Gasteiger partial charge on any atom is -0.467 e. The fraction of sp³-hybridized carbons (Fsp3) is 0.500. The van der Waals surface area contributed by atoms with E-state index >= 15 is 0 Å². The van der Waals surface area contributed by atoms with E-state index in [4.69, 9.17) is 25.8 Å². The molecule has 232 valence electrons. The second-order valence-electron chi connectivity index (χ2n) is 11.7. The topological polar surface area (TPSA) is 85.3 Å². The van der Waals surface area contributed by atoms with Crippen LogP contribution < -0.4 is 4.90 Å². The van der Waals surface area contributed by atoms with Crippen LogP contribution in [0.5, 0.6) is 0 Å². The van der Waals surface area contributed by atoms with E-state index in [-0.39, 0.29) is 48.9 Å². The van der Waals surface area contributed by atoms with Crippen molar-refractivity contribution < 1.29 is 42.1 Å². The SMILES string of the molecule is COC(=O)C1(N(C(=O)C(F)(F)F)c2cccc(Cl)c2)CCC2(CC1)C(C[C@@H](C)CO)=Cc1ccc(C3OCCCO3)cc12. The molecule has 1 heterocycles. The summed E-state index contributed by atoms with van der Waals surface area (Å²) in [4.78, 5) is 27.1. The van der Waals surface area contributed by atoms with Crippen molar-refractivity contribution in [3.63, 3.8) is 0 Å². The molecule has 0 aromatic heterocycles. The predicted molar refractivity (Wildman–Crippen MR) is 154 cm³/mol. The van der Waals surface area contributed by atoms with Crippen molar-refractivity contribution >= 4 is 35.2 Å². The van der Waals surface area contributed by atoms with Crippen molar-refractivity contribution in [3.05, 3.63) is 69.8 Å². The number of nitrogens with zero attached hydrogens (tertiary/aromatic N) is 1. The maximum atomic E-state index is 14.1. The Bertz CT molecular complexity index is 1400. The summed E-state index contributed by atoms with van der Waals surface area (Å²) >= 11 is 6.14. The first-order valence-electron chi connectivity index (χ1n) is 14.4. The molecule has 1 saturated carbocycles. The van der Waals surface area contributed by atoms with Gasteiger partial charge in [0.25, 0.3) is 0 Å². The van der Waals surface area contributed by atoms with Gasteiger partial charge in [0.15, 0.2) is 6.29 Å². The van der Waals surface area contributed by atoms with Crippen LogP contribution in [-0.2, 0) is 29.2 Å². The van der Waals surface area contributed by atoms with Crippen LogP contribution >= 0.6 is 11.6 Å². The van der Waals surface area contributed by atoms with Crippen molar-refractivity contribution in [2.45, 2.75) is 68.9 Å². The monoisotopic (exact) mass is 621 g/mol. The molecule has 1 atom stereocenters. The third-order valence-electron chi connectivity index (χ3n) is 8.95. The molecule has 5 rings (SSSR count). The second kappa shape index (κ2) is 12.2. The number of alkyl halides is 3. The molecule has 0 radical (unpaired) electrons. The summed E-state index contributed by atoms with van der Waals surface area (Å²) in [6.45, 7) is 3.03. The lowest BCUT2D eigenvalue weighted by Crippen LogP contribution is -2.63. The molecule has 3 aliphatic rings. The van der Waals surface area contributed by atoms with Gasteiger partial charge >= 0.3 is 18.1 Å². The first-order valence-corrected chi connectivity index (χ1v) is 14.8. The van der Waals surface area contributed by atoms with E-state index in [9.17, 15) is 27.9 Å². The van der Waals surface area contributed by atoms with Crippen LogP contribution in [0.4, 0.5) is 18.9 Å². The maximum Gasteiger partial charge on any atom is 0.471 e. The van der Waals surface area contributed by atoms with Crippen LogP contribution in [0.25, 0.3) is 6.08 Å². The number of carbonyl (C=O) groups excluding carboxylic acids is 2. The van der Waals surface area contributed by atoms with Crippen LogP contribution in [0.2, 0.25) is 5.02 Å². The summed E-state index contributed by atoms with van der Waals surface area (Å²) in [6, 6.07) is 11.5. The Morgan fingerprint density at radius 3 is 2.42 bits per heavy atom. The van der Waals surface area contributed by atoms with Crippen molar-refractivity contribution in [2.75, 3.05) is 31.8 Å². The van der Waals surface area contributed by atoms with Gasteiger partial charge in [-0.1, -0.05) is 48.4 Å². The number of amides is 1. The van der Waals surface area contributed by atoms with Gasteiger partial charge in [-0.25, -0.2) is 4.79 Å². The number of anilines is 1. The number of hydrogen-bond donors (Lipinski definition) is 1. The van der Waals surface area contributed by atoms with Gasteiger partial charge in [0, 0.05) is 28.3 Å². The summed E-state index contributed by atoms with van der Waals surface area (Å²) < 4.78 is 59.1. The second-order valence-corrected chi connectivity index (χ2v) is 12.1. The van der Waals surface area contributed by atoms with Crippen LogP contribution in [-0.4, -0.2) is 55.6 Å². The van der Waals surface area contributed by atoms with Gasteiger partial charge in [0.05, 0.1) is 20.3 Å². The van der Waals surface area contributed by atoms with Crippen molar-refractivity contribution in [1.29, 1.82) is 0 Å². The Morgan fingerprint density at radius 2 is 1.81 bits per heavy atom. The van der Waals surface area contributed by atoms with Gasteiger partial charge in [-0.05, 0) is 79.8 Å². The van der Waals surface area contributed by atoms with E-state index in [1.165, 1.54) is 24.3 Å². The summed E-state index contributed by atoms with van der Waals surface area (Å²) in [5.74, 6) is -3.16. The van der Waals surface area contributed by atoms with Crippen LogP contribution in [0.1, 0.15) is 68.4 Å². The molecule has 0 unspecified atom stereocenters. The highest BCUT2D eigenvalue weighted by Crippen LogP contribution is 2.57. The lowest BCUT2D eigenvalue weighted by molar-refractivity contribution is -0.183. The first-order chi connectivity index (χ1) is 20.4. The fourth-order valence-electron chi connectivity index (χ4n) is 6.82. The Labute approximate surface area is 253 Å². The van der Waals surface area contributed by atoms with E-state index in [0.717, 1.165) is 35.8 Å².